The van der Waals surface area contributed by atoms with Crippen LogP contribution in [0.15, 0.2) is 46.9 Å². The first-order valence-electron chi connectivity index (χ1n) is 4.98. The van der Waals surface area contributed by atoms with Gasteiger partial charge in [0.05, 0.1) is 0 Å². The van der Waals surface area contributed by atoms with Gasteiger partial charge in [0.2, 0.25) is 0 Å². The first-order chi connectivity index (χ1) is 8.47. The van der Waals surface area contributed by atoms with Crippen LogP contribution < -0.4 is 4.74 Å². The molecule has 2 aromatic carbocycles. The Morgan fingerprint density at radius 2 is 1.72 bits per heavy atom. The third kappa shape index (κ3) is 3.04. The van der Waals surface area contributed by atoms with Gasteiger partial charge in [-0.05, 0) is 36.4 Å². The molecular weight excluding hydrogens is 309 g/mol. The van der Waals surface area contributed by atoms with Gasteiger partial charge in [-0.25, -0.2) is 0 Å². The van der Waals surface area contributed by atoms with E-state index in [1.807, 2.05) is 0 Å². The smallest absolute Gasteiger partial charge is 0.420 e. The number of hydrogen-bond donors (Lipinski definition) is 0. The van der Waals surface area contributed by atoms with Crippen LogP contribution >= 0.6 is 15.9 Å². The van der Waals surface area contributed by atoms with Gasteiger partial charge in [0.1, 0.15) is 17.1 Å². The molecule has 0 heterocycles. The molecule has 2 rings (SSSR count). The largest absolute Gasteiger partial charge is 0.457 e. The van der Waals surface area contributed by atoms with Gasteiger partial charge in [-0.15, -0.1) is 0 Å². The summed E-state index contributed by atoms with van der Waals surface area (Å²) in [6.45, 7) is 0. The second-order valence-electron chi connectivity index (χ2n) is 3.46. The van der Waals surface area contributed by atoms with Crippen molar-refractivity contribution in [1.82, 2.24) is 0 Å². The number of ether oxygens (including phenoxy) is 1. The highest BCUT2D eigenvalue weighted by Crippen LogP contribution is 2.37. The lowest BCUT2D eigenvalue weighted by molar-refractivity contribution is -0.138. The lowest BCUT2D eigenvalue weighted by atomic mass is 10.2. The van der Waals surface area contributed by atoms with Gasteiger partial charge >= 0.3 is 6.18 Å². The highest BCUT2D eigenvalue weighted by Gasteiger charge is 2.34. The summed E-state index contributed by atoms with van der Waals surface area (Å²) < 4.78 is 44.1. The van der Waals surface area contributed by atoms with E-state index < -0.39 is 11.7 Å². The predicted octanol–water partition coefficient (Wildman–Crippen LogP) is 5.06. The van der Waals surface area contributed by atoms with Crippen LogP contribution in [0.5, 0.6) is 11.5 Å². The summed E-state index contributed by atoms with van der Waals surface area (Å²) in [6, 6.07) is 12.6. The van der Waals surface area contributed by atoms with Gasteiger partial charge in [0, 0.05) is 4.47 Å². The standard InChI is InChI=1S/C13H7BrF3O/c14-9-5-7-10(8-6-9)18-12-4-2-1-3-11(12)13(15,16)17/h1-2,4-8H. The Morgan fingerprint density at radius 1 is 1.06 bits per heavy atom. The van der Waals surface area contributed by atoms with Gasteiger partial charge in [0.15, 0.2) is 0 Å². The third-order valence-corrected chi connectivity index (χ3v) is 2.67. The highest BCUT2D eigenvalue weighted by molar-refractivity contribution is 9.10. The Morgan fingerprint density at radius 3 is 2.33 bits per heavy atom. The van der Waals surface area contributed by atoms with Crippen LogP contribution in [0.2, 0.25) is 0 Å². The molecule has 18 heavy (non-hydrogen) atoms. The molecule has 0 aliphatic rings. The topological polar surface area (TPSA) is 9.23 Å². The fraction of sp³-hybridized carbons (Fsp3) is 0.0769. The summed E-state index contributed by atoms with van der Waals surface area (Å²) in [4.78, 5) is 0. The molecule has 0 fully saturated rings. The minimum absolute atomic E-state index is 0.257. The van der Waals surface area contributed by atoms with Crippen LogP contribution in [0.1, 0.15) is 5.56 Å². The Labute approximate surface area is 110 Å². The van der Waals surface area contributed by atoms with Crippen LogP contribution in [0, 0.1) is 6.07 Å². The maximum atomic E-state index is 12.7. The molecule has 1 nitrogen and oxygen atoms in total. The fourth-order valence-corrected chi connectivity index (χ4v) is 1.62. The van der Waals surface area contributed by atoms with E-state index in [1.54, 1.807) is 24.3 Å². The number of alkyl halides is 3. The number of rotatable bonds is 2. The average Bonchev–Trinajstić information content (AvgIpc) is 2.31. The molecule has 0 atom stereocenters. The number of hydrogen-bond acceptors (Lipinski definition) is 1. The van der Waals surface area contributed by atoms with E-state index in [1.165, 1.54) is 18.2 Å². The Kier molecular flexibility index (Phi) is 3.61. The lowest BCUT2D eigenvalue weighted by Crippen LogP contribution is -2.07. The molecule has 0 spiro atoms. The normalized spacial score (nSPS) is 11.3. The fourth-order valence-electron chi connectivity index (χ4n) is 1.36. The molecule has 0 saturated heterocycles. The van der Waals surface area contributed by atoms with Crippen molar-refractivity contribution in [3.63, 3.8) is 0 Å². The van der Waals surface area contributed by atoms with E-state index in [2.05, 4.69) is 22.0 Å². The molecule has 0 unspecified atom stereocenters. The molecule has 0 amide bonds. The van der Waals surface area contributed by atoms with Crippen molar-refractivity contribution in [2.24, 2.45) is 0 Å². The molecule has 0 N–H and O–H groups in total. The summed E-state index contributed by atoms with van der Waals surface area (Å²) in [5.74, 6) is 0.0793. The van der Waals surface area contributed by atoms with E-state index in [0.29, 0.717) is 5.75 Å². The first kappa shape index (κ1) is 13.0. The number of halogens is 4. The van der Waals surface area contributed by atoms with E-state index >= 15 is 0 Å². The molecule has 2 aromatic rings. The van der Waals surface area contributed by atoms with Gasteiger partial charge in [-0.1, -0.05) is 28.1 Å². The first-order valence-corrected chi connectivity index (χ1v) is 5.77. The molecule has 0 saturated carbocycles. The van der Waals surface area contributed by atoms with Gasteiger partial charge in [-0.3, -0.25) is 0 Å². The average molecular weight is 316 g/mol. The van der Waals surface area contributed by atoms with Crippen LogP contribution in [0.4, 0.5) is 13.2 Å². The van der Waals surface area contributed by atoms with Gasteiger partial charge in [0.25, 0.3) is 0 Å². The van der Waals surface area contributed by atoms with Crippen molar-refractivity contribution in [2.75, 3.05) is 0 Å². The summed E-state index contributed by atoms with van der Waals surface area (Å²) >= 11 is 3.24. The van der Waals surface area contributed by atoms with Crippen molar-refractivity contribution in [2.45, 2.75) is 6.18 Å². The summed E-state index contributed by atoms with van der Waals surface area (Å²) in [6.07, 6.45) is -4.48. The predicted molar refractivity (Wildman–Crippen MR) is 64.5 cm³/mol. The SMILES string of the molecule is FC(F)(F)c1[c]cccc1Oc1ccc(Br)cc1. The Balaban J connectivity index is 2.32. The van der Waals surface area contributed by atoms with E-state index in [9.17, 15) is 13.2 Å². The van der Waals surface area contributed by atoms with Crippen LogP contribution in [0.3, 0.4) is 0 Å². The minimum Gasteiger partial charge on any atom is -0.457 e. The van der Waals surface area contributed by atoms with Crippen molar-refractivity contribution in [1.29, 1.82) is 0 Å². The van der Waals surface area contributed by atoms with Crippen LogP contribution in [0.25, 0.3) is 0 Å². The zero-order valence-electron chi connectivity index (χ0n) is 8.96. The molecule has 5 heteroatoms. The van der Waals surface area contributed by atoms with E-state index in [4.69, 9.17) is 4.74 Å². The van der Waals surface area contributed by atoms with Crippen molar-refractivity contribution in [3.8, 4) is 11.5 Å². The summed E-state index contributed by atoms with van der Waals surface area (Å²) in [5, 5.41) is 0. The second kappa shape index (κ2) is 5.02. The van der Waals surface area contributed by atoms with Crippen molar-refractivity contribution >= 4 is 15.9 Å². The summed E-state index contributed by atoms with van der Waals surface area (Å²) in [7, 11) is 0. The zero-order valence-corrected chi connectivity index (χ0v) is 10.5. The van der Waals surface area contributed by atoms with E-state index in [0.717, 1.165) is 4.47 Å². The third-order valence-electron chi connectivity index (χ3n) is 2.14. The molecular formula is C13H7BrF3O. The molecule has 0 aromatic heterocycles. The van der Waals surface area contributed by atoms with Crippen molar-refractivity contribution in [3.05, 3.63) is 58.6 Å². The molecule has 0 aliphatic heterocycles. The highest BCUT2D eigenvalue weighted by atomic mass is 79.9. The molecule has 93 valence electrons. The molecule has 0 bridgehead atoms. The van der Waals surface area contributed by atoms with E-state index in [-0.39, 0.29) is 5.75 Å². The Hall–Kier alpha value is -1.49. The zero-order chi connectivity index (χ0) is 13.2. The lowest BCUT2D eigenvalue weighted by Gasteiger charge is -2.12. The maximum Gasteiger partial charge on any atom is 0.420 e. The molecule has 1 radical (unpaired) electrons. The van der Waals surface area contributed by atoms with Crippen molar-refractivity contribution < 1.29 is 17.9 Å². The van der Waals surface area contributed by atoms with Gasteiger partial charge in [-0.2, -0.15) is 13.2 Å². The number of benzene rings is 2. The quantitative estimate of drug-likeness (QED) is 0.752. The molecule has 0 aliphatic carbocycles. The van der Waals surface area contributed by atoms with Crippen LogP contribution in [-0.4, -0.2) is 0 Å². The monoisotopic (exact) mass is 315 g/mol. The summed E-state index contributed by atoms with van der Waals surface area (Å²) in [5.41, 5.74) is -0.909. The Bertz CT molecular complexity index is 535. The minimum atomic E-state index is -4.48. The van der Waals surface area contributed by atoms with Gasteiger partial charge < -0.3 is 4.74 Å². The second-order valence-corrected chi connectivity index (χ2v) is 4.38. The maximum absolute atomic E-state index is 12.7. The van der Waals surface area contributed by atoms with Crippen LogP contribution in [-0.2, 0) is 6.18 Å².